The fourth-order valence-electron chi connectivity index (χ4n) is 1.28. The minimum absolute atomic E-state index is 0.273. The summed E-state index contributed by atoms with van der Waals surface area (Å²) in [5, 5.41) is 12.3. The van der Waals surface area contributed by atoms with Crippen molar-refractivity contribution in [2.75, 3.05) is 0 Å². The van der Waals surface area contributed by atoms with Gasteiger partial charge in [0.25, 0.3) is 0 Å². The van der Waals surface area contributed by atoms with E-state index in [9.17, 15) is 5.11 Å². The average Bonchev–Trinajstić information content (AvgIpc) is 2.50. The van der Waals surface area contributed by atoms with Crippen LogP contribution >= 0.6 is 35.6 Å². The molecule has 1 heterocycles. The highest BCUT2D eigenvalue weighted by Gasteiger charge is 2.09. The summed E-state index contributed by atoms with van der Waals surface area (Å²) in [5.74, 6) is 0.736. The van der Waals surface area contributed by atoms with E-state index >= 15 is 0 Å². The van der Waals surface area contributed by atoms with Gasteiger partial charge >= 0.3 is 0 Å². The molecule has 0 saturated heterocycles. The summed E-state index contributed by atoms with van der Waals surface area (Å²) in [6, 6.07) is 3.50. The zero-order valence-corrected chi connectivity index (χ0v) is 9.09. The van der Waals surface area contributed by atoms with E-state index in [4.69, 9.17) is 11.6 Å². The van der Waals surface area contributed by atoms with Crippen molar-refractivity contribution in [1.82, 2.24) is 0 Å². The Bertz CT molecular complexity index is 450. The Hall–Kier alpha value is -0.380. The standard InChI is InChI=1S/C9H7ClOS2/c10-3-5-1-2-6(11)8-7(12)4-13-9(5)8/h1-2,4,11-12H,3H2. The molecule has 0 unspecified atom stereocenters. The predicted molar refractivity (Wildman–Crippen MR) is 60.3 cm³/mol. The Morgan fingerprint density at radius 1 is 1.46 bits per heavy atom. The molecule has 0 aliphatic carbocycles. The first-order valence-electron chi connectivity index (χ1n) is 3.71. The van der Waals surface area contributed by atoms with E-state index in [-0.39, 0.29) is 5.75 Å². The maximum atomic E-state index is 9.58. The summed E-state index contributed by atoms with van der Waals surface area (Å²) in [6.45, 7) is 0. The molecule has 68 valence electrons. The number of alkyl halides is 1. The van der Waals surface area contributed by atoms with E-state index in [0.717, 1.165) is 20.5 Å². The highest BCUT2D eigenvalue weighted by Crippen LogP contribution is 2.37. The van der Waals surface area contributed by atoms with Crippen molar-refractivity contribution in [2.45, 2.75) is 10.8 Å². The van der Waals surface area contributed by atoms with Gasteiger partial charge in [-0.05, 0) is 11.6 Å². The topological polar surface area (TPSA) is 20.2 Å². The van der Waals surface area contributed by atoms with Gasteiger partial charge < -0.3 is 5.11 Å². The van der Waals surface area contributed by atoms with Gasteiger partial charge in [0.1, 0.15) is 5.75 Å². The molecular formula is C9H7ClOS2. The first kappa shape index (κ1) is 9.19. The molecule has 4 heteroatoms. The number of rotatable bonds is 1. The third kappa shape index (κ3) is 1.41. The lowest BCUT2D eigenvalue weighted by atomic mass is 10.2. The molecule has 0 atom stereocenters. The molecule has 1 N–H and O–H groups in total. The lowest BCUT2D eigenvalue weighted by Gasteiger charge is -2.00. The van der Waals surface area contributed by atoms with Gasteiger partial charge in [0.05, 0.1) is 0 Å². The number of fused-ring (bicyclic) bond motifs is 1. The van der Waals surface area contributed by atoms with Crippen LogP contribution in [0.1, 0.15) is 5.56 Å². The van der Waals surface area contributed by atoms with Gasteiger partial charge in [0, 0.05) is 26.2 Å². The van der Waals surface area contributed by atoms with E-state index in [1.807, 2.05) is 11.4 Å². The molecule has 0 bridgehead atoms. The molecule has 1 aromatic carbocycles. The van der Waals surface area contributed by atoms with Crippen molar-refractivity contribution in [2.24, 2.45) is 0 Å². The normalized spacial score (nSPS) is 10.9. The van der Waals surface area contributed by atoms with E-state index in [1.54, 1.807) is 17.4 Å². The zero-order chi connectivity index (χ0) is 9.42. The molecule has 13 heavy (non-hydrogen) atoms. The van der Waals surface area contributed by atoms with Crippen LogP contribution in [0.25, 0.3) is 10.1 Å². The third-order valence-electron chi connectivity index (χ3n) is 1.91. The molecule has 0 aliphatic rings. The Kier molecular flexibility index (Phi) is 2.41. The second-order valence-electron chi connectivity index (χ2n) is 2.70. The van der Waals surface area contributed by atoms with E-state index in [1.165, 1.54) is 0 Å². The fourth-order valence-corrected chi connectivity index (χ4v) is 3.01. The summed E-state index contributed by atoms with van der Waals surface area (Å²) >= 11 is 11.6. The SMILES string of the molecule is Oc1ccc(CCl)c2scc(S)c12. The van der Waals surface area contributed by atoms with Crippen molar-refractivity contribution < 1.29 is 5.11 Å². The number of thiophene rings is 1. The Morgan fingerprint density at radius 3 is 2.92 bits per heavy atom. The van der Waals surface area contributed by atoms with Crippen LogP contribution in [-0.2, 0) is 5.88 Å². The minimum Gasteiger partial charge on any atom is -0.507 e. The molecule has 0 saturated carbocycles. The smallest absolute Gasteiger partial charge is 0.125 e. The lowest BCUT2D eigenvalue weighted by molar-refractivity contribution is 0.481. The maximum absolute atomic E-state index is 9.58. The average molecular weight is 231 g/mol. The summed E-state index contributed by atoms with van der Waals surface area (Å²) < 4.78 is 1.03. The van der Waals surface area contributed by atoms with Gasteiger partial charge in [0.15, 0.2) is 0 Å². The zero-order valence-electron chi connectivity index (χ0n) is 6.62. The number of phenolic OH excluding ortho intramolecular Hbond substituents is 1. The largest absolute Gasteiger partial charge is 0.507 e. The Labute approximate surface area is 90.4 Å². The number of halogens is 1. The number of hydrogen-bond donors (Lipinski definition) is 2. The minimum atomic E-state index is 0.273. The van der Waals surface area contributed by atoms with Crippen LogP contribution in [0, 0.1) is 0 Å². The molecule has 1 nitrogen and oxygen atoms in total. The van der Waals surface area contributed by atoms with Crippen molar-refractivity contribution in [3.8, 4) is 5.75 Å². The second-order valence-corrected chi connectivity index (χ2v) is 4.33. The molecule has 0 radical (unpaired) electrons. The molecule has 0 spiro atoms. The van der Waals surface area contributed by atoms with E-state index in [2.05, 4.69) is 12.6 Å². The van der Waals surface area contributed by atoms with Crippen LogP contribution in [0.5, 0.6) is 5.75 Å². The van der Waals surface area contributed by atoms with Crippen LogP contribution in [0.3, 0.4) is 0 Å². The van der Waals surface area contributed by atoms with Crippen molar-refractivity contribution in [3.63, 3.8) is 0 Å². The number of phenols is 1. The summed E-state index contributed by atoms with van der Waals surface area (Å²) in [5.41, 5.74) is 1.04. The number of benzene rings is 1. The van der Waals surface area contributed by atoms with Crippen LogP contribution < -0.4 is 0 Å². The quantitative estimate of drug-likeness (QED) is 0.566. The van der Waals surface area contributed by atoms with Crippen LogP contribution in [0.15, 0.2) is 22.4 Å². The van der Waals surface area contributed by atoms with Gasteiger partial charge in [-0.3, -0.25) is 0 Å². The van der Waals surface area contributed by atoms with Gasteiger partial charge in [-0.25, -0.2) is 0 Å². The summed E-state index contributed by atoms with van der Waals surface area (Å²) in [7, 11) is 0. The Balaban J connectivity index is 2.87. The molecule has 0 aliphatic heterocycles. The highest BCUT2D eigenvalue weighted by atomic mass is 35.5. The lowest BCUT2D eigenvalue weighted by Crippen LogP contribution is -1.77. The number of hydrogen-bond acceptors (Lipinski definition) is 3. The van der Waals surface area contributed by atoms with Crippen molar-refractivity contribution in [3.05, 3.63) is 23.1 Å². The van der Waals surface area contributed by atoms with Gasteiger partial charge in [0.2, 0.25) is 0 Å². The van der Waals surface area contributed by atoms with Crippen molar-refractivity contribution >= 4 is 45.7 Å². The van der Waals surface area contributed by atoms with Crippen LogP contribution in [0.4, 0.5) is 0 Å². The molecule has 2 aromatic rings. The first-order valence-corrected chi connectivity index (χ1v) is 5.57. The van der Waals surface area contributed by atoms with E-state index in [0.29, 0.717) is 5.88 Å². The van der Waals surface area contributed by atoms with E-state index < -0.39 is 0 Å². The molecule has 0 amide bonds. The van der Waals surface area contributed by atoms with Gasteiger partial charge in [-0.2, -0.15) is 0 Å². The maximum Gasteiger partial charge on any atom is 0.125 e. The number of aromatic hydroxyl groups is 1. The predicted octanol–water partition coefficient (Wildman–Crippen LogP) is 3.63. The Morgan fingerprint density at radius 2 is 2.23 bits per heavy atom. The molecule has 2 rings (SSSR count). The van der Waals surface area contributed by atoms with Crippen molar-refractivity contribution in [1.29, 1.82) is 0 Å². The highest BCUT2D eigenvalue weighted by molar-refractivity contribution is 7.80. The van der Waals surface area contributed by atoms with Gasteiger partial charge in [-0.1, -0.05) is 6.07 Å². The van der Waals surface area contributed by atoms with Crippen LogP contribution in [-0.4, -0.2) is 5.11 Å². The molecule has 0 fully saturated rings. The second kappa shape index (κ2) is 3.40. The summed E-state index contributed by atoms with van der Waals surface area (Å²) in [4.78, 5) is 0.810. The molecule has 1 aromatic heterocycles. The van der Waals surface area contributed by atoms with Gasteiger partial charge in [-0.15, -0.1) is 35.6 Å². The molecular weight excluding hydrogens is 224 g/mol. The summed E-state index contributed by atoms with van der Waals surface area (Å²) in [6.07, 6.45) is 0. The monoisotopic (exact) mass is 230 g/mol. The first-order chi connectivity index (χ1) is 6.24. The number of thiol groups is 1. The third-order valence-corrected chi connectivity index (χ3v) is 3.78. The van der Waals surface area contributed by atoms with Crippen LogP contribution in [0.2, 0.25) is 0 Å². The fraction of sp³-hybridized carbons (Fsp3) is 0.111.